The molecule has 5 aromatic rings. The molecule has 0 bridgehead atoms. The van der Waals surface area contributed by atoms with Gasteiger partial charge in [0, 0.05) is 38.3 Å². The molecule has 0 aliphatic rings. The van der Waals surface area contributed by atoms with Crippen LogP contribution in [0.4, 0.5) is 11.4 Å². The number of fused-ring (bicyclic) bond motifs is 1. The predicted molar refractivity (Wildman–Crippen MR) is 198 cm³/mol. The molecule has 4 aromatic carbocycles. The number of phosphoric acid groups is 1. The number of hydrogen-bond donors (Lipinski definition) is 7. The van der Waals surface area contributed by atoms with E-state index in [1.807, 2.05) is 0 Å². The summed E-state index contributed by atoms with van der Waals surface area (Å²) in [5.41, 5.74) is 1.80. The largest absolute Gasteiger partial charge is 0.524 e. The molecule has 20 heteroatoms. The number of carboxylic acids is 1. The highest BCUT2D eigenvalue weighted by Gasteiger charge is 2.30. The zero-order valence-corrected chi connectivity index (χ0v) is 30.2. The Hall–Kier alpha value is -6.69. The zero-order chi connectivity index (χ0) is 40.2. The molecule has 7 N–H and O–H groups in total. The second-order valence-corrected chi connectivity index (χ2v) is 13.6. The lowest BCUT2D eigenvalue weighted by Crippen LogP contribution is -2.57. The smallest absolute Gasteiger partial charge is 0.480 e. The van der Waals surface area contributed by atoms with E-state index in [-0.39, 0.29) is 54.7 Å². The van der Waals surface area contributed by atoms with Gasteiger partial charge in [-0.15, -0.1) is 0 Å². The number of carbonyl (C=O) groups is 4. The van der Waals surface area contributed by atoms with E-state index >= 15 is 0 Å². The van der Waals surface area contributed by atoms with Crippen LogP contribution < -0.4 is 25.8 Å². The van der Waals surface area contributed by atoms with Crippen molar-refractivity contribution >= 4 is 53.9 Å². The quantitative estimate of drug-likeness (QED) is 0.0360. The van der Waals surface area contributed by atoms with E-state index in [2.05, 4.69) is 40.7 Å². The van der Waals surface area contributed by atoms with E-state index in [0.29, 0.717) is 22.4 Å². The number of anilines is 1. The number of aliphatic carboxylic acids is 1. The highest BCUT2D eigenvalue weighted by Crippen LogP contribution is 2.37. The molecule has 0 spiro atoms. The Bertz CT molecular complexity index is 2220. The summed E-state index contributed by atoms with van der Waals surface area (Å²) in [5.74, 6) is -3.61. The number of rotatable bonds is 19. The summed E-state index contributed by atoms with van der Waals surface area (Å²) in [6, 6.07) is 21.5. The Morgan fingerprint density at radius 2 is 1.25 bits per heavy atom. The number of carboxylic acid groups (broad SMARTS) is 1. The Morgan fingerprint density at radius 3 is 1.80 bits per heavy atom. The SMILES string of the molecule is O=C(CCNc1ccc([N+](=O)[O-])c2nonc12)NC(Cc1ccccc1)C(=O)NC(Cc1ccccc1)C(=O)NC(Cc1ccc(OP(=O)(O)O)cc1)C(=O)O. The predicted octanol–water partition coefficient (Wildman–Crippen LogP) is 2.67. The first-order chi connectivity index (χ1) is 26.8. The molecule has 56 heavy (non-hydrogen) atoms. The second-order valence-electron chi connectivity index (χ2n) is 12.4. The molecule has 0 saturated carbocycles. The summed E-state index contributed by atoms with van der Waals surface area (Å²) in [5, 5.41) is 39.5. The Kier molecular flexibility index (Phi) is 13.4. The van der Waals surface area contributed by atoms with Crippen molar-refractivity contribution in [1.29, 1.82) is 0 Å². The first kappa shape index (κ1) is 40.5. The highest BCUT2D eigenvalue weighted by molar-refractivity contribution is 7.46. The summed E-state index contributed by atoms with van der Waals surface area (Å²) < 4.78 is 20.3. The molecule has 0 saturated heterocycles. The maximum Gasteiger partial charge on any atom is 0.524 e. The van der Waals surface area contributed by atoms with Crippen LogP contribution in [0.15, 0.2) is 102 Å². The van der Waals surface area contributed by atoms with E-state index in [9.17, 15) is 39.0 Å². The molecule has 292 valence electrons. The van der Waals surface area contributed by atoms with E-state index < -0.39 is 54.6 Å². The summed E-state index contributed by atoms with van der Waals surface area (Å²) in [6.07, 6.45) is -0.361. The summed E-state index contributed by atoms with van der Waals surface area (Å²) in [6.45, 7) is 0.0281. The molecule has 0 aliphatic heterocycles. The lowest BCUT2D eigenvalue weighted by Gasteiger charge is -2.25. The number of carbonyl (C=O) groups excluding carboxylic acids is 3. The van der Waals surface area contributed by atoms with E-state index in [1.54, 1.807) is 60.7 Å². The van der Waals surface area contributed by atoms with Gasteiger partial charge in [0.2, 0.25) is 23.2 Å². The van der Waals surface area contributed by atoms with Crippen LogP contribution in [0.3, 0.4) is 0 Å². The van der Waals surface area contributed by atoms with Crippen molar-refractivity contribution in [1.82, 2.24) is 26.3 Å². The van der Waals surface area contributed by atoms with Gasteiger partial charge in [-0.1, -0.05) is 72.8 Å². The van der Waals surface area contributed by atoms with Gasteiger partial charge in [-0.05, 0) is 45.2 Å². The Labute approximate surface area is 317 Å². The van der Waals surface area contributed by atoms with Gasteiger partial charge in [0.25, 0.3) is 0 Å². The van der Waals surface area contributed by atoms with E-state index in [0.717, 1.165) is 0 Å². The number of nitrogens with one attached hydrogen (secondary N) is 4. The lowest BCUT2D eigenvalue weighted by molar-refractivity contribution is -0.383. The van der Waals surface area contributed by atoms with Crippen LogP contribution >= 0.6 is 7.82 Å². The van der Waals surface area contributed by atoms with Crippen LogP contribution in [-0.2, 0) is 43.0 Å². The van der Waals surface area contributed by atoms with Gasteiger partial charge < -0.3 is 30.9 Å². The summed E-state index contributed by atoms with van der Waals surface area (Å²) in [4.78, 5) is 82.0. The van der Waals surface area contributed by atoms with Crippen molar-refractivity contribution in [2.75, 3.05) is 11.9 Å². The molecular formula is C36H36N7O12P. The molecule has 3 atom stereocenters. The fourth-order valence-corrected chi connectivity index (χ4v) is 6.04. The van der Waals surface area contributed by atoms with Crippen molar-refractivity contribution in [3.05, 3.63) is 124 Å². The molecule has 0 fully saturated rings. The molecule has 5 rings (SSSR count). The van der Waals surface area contributed by atoms with Crippen molar-refractivity contribution < 1.29 is 52.7 Å². The molecule has 1 heterocycles. The molecule has 0 aliphatic carbocycles. The third-order valence-corrected chi connectivity index (χ3v) is 8.76. The number of hydrogen-bond acceptors (Lipinski definition) is 12. The maximum atomic E-state index is 13.9. The third-order valence-electron chi connectivity index (χ3n) is 8.31. The van der Waals surface area contributed by atoms with Gasteiger partial charge in [0.15, 0.2) is 5.52 Å². The normalized spacial score (nSPS) is 12.8. The van der Waals surface area contributed by atoms with Crippen LogP contribution in [0.25, 0.3) is 11.0 Å². The maximum absolute atomic E-state index is 13.9. The number of non-ortho nitro benzene ring substituents is 1. The molecule has 1 aromatic heterocycles. The van der Waals surface area contributed by atoms with Crippen molar-refractivity contribution in [2.24, 2.45) is 0 Å². The number of nitro groups is 1. The van der Waals surface area contributed by atoms with Gasteiger partial charge in [-0.25, -0.2) is 14.0 Å². The van der Waals surface area contributed by atoms with Gasteiger partial charge in [-0.3, -0.25) is 34.3 Å². The van der Waals surface area contributed by atoms with Crippen molar-refractivity contribution in [3.63, 3.8) is 0 Å². The Morgan fingerprint density at radius 1 is 0.732 bits per heavy atom. The number of benzene rings is 4. The summed E-state index contributed by atoms with van der Waals surface area (Å²) in [7, 11) is -4.81. The first-order valence-corrected chi connectivity index (χ1v) is 18.5. The number of nitrogens with zero attached hydrogens (tertiary/aromatic N) is 3. The van der Waals surface area contributed by atoms with Gasteiger partial charge in [-0.2, -0.15) is 0 Å². The highest BCUT2D eigenvalue weighted by atomic mass is 31.2. The van der Waals surface area contributed by atoms with E-state index in [4.69, 9.17) is 9.79 Å². The van der Waals surface area contributed by atoms with Crippen LogP contribution in [-0.4, -0.2) is 78.5 Å². The number of amides is 3. The Balaban J connectivity index is 1.29. The number of nitro benzene ring substituents is 1. The number of phosphoric ester groups is 1. The molecule has 3 amide bonds. The van der Waals surface area contributed by atoms with Gasteiger partial charge in [0.05, 0.1) is 10.6 Å². The van der Waals surface area contributed by atoms with Crippen molar-refractivity contribution in [3.8, 4) is 5.75 Å². The van der Waals surface area contributed by atoms with Crippen LogP contribution in [0, 0.1) is 10.1 Å². The molecule has 0 radical (unpaired) electrons. The van der Waals surface area contributed by atoms with E-state index in [1.165, 1.54) is 36.4 Å². The average Bonchev–Trinajstić information content (AvgIpc) is 3.65. The molecule has 3 unspecified atom stereocenters. The third kappa shape index (κ3) is 11.7. The topological polar surface area (TPSA) is 285 Å². The lowest BCUT2D eigenvalue weighted by atomic mass is 10.0. The minimum absolute atomic E-state index is 0.0281. The van der Waals surface area contributed by atoms with Gasteiger partial charge >= 0.3 is 19.5 Å². The first-order valence-electron chi connectivity index (χ1n) is 16.9. The van der Waals surface area contributed by atoms with Crippen LogP contribution in [0.2, 0.25) is 0 Å². The molecule has 19 nitrogen and oxygen atoms in total. The second kappa shape index (κ2) is 18.6. The van der Waals surface area contributed by atoms with Crippen LogP contribution in [0.5, 0.6) is 5.75 Å². The molecular weight excluding hydrogens is 753 g/mol. The minimum atomic E-state index is -4.81. The monoisotopic (exact) mass is 789 g/mol. The van der Waals surface area contributed by atoms with Crippen LogP contribution in [0.1, 0.15) is 23.1 Å². The minimum Gasteiger partial charge on any atom is -0.480 e. The zero-order valence-electron chi connectivity index (χ0n) is 29.3. The van der Waals surface area contributed by atoms with Crippen molar-refractivity contribution in [2.45, 2.75) is 43.8 Å². The average molecular weight is 790 g/mol. The van der Waals surface area contributed by atoms with Gasteiger partial charge in [0.1, 0.15) is 23.9 Å². The summed E-state index contributed by atoms with van der Waals surface area (Å²) >= 11 is 0. The fraction of sp³-hybridized carbons (Fsp3) is 0.222. The number of aromatic nitrogens is 2. The fourth-order valence-electron chi connectivity index (χ4n) is 5.64. The standard InChI is InChI=1S/C36H36N7O12P/c44-31(17-18-37-26-15-16-30(43(49)50)33-32(26)41-55-42-33)38-27(19-22-7-3-1-4-8-22)34(45)39-28(20-23-9-5-2-6-10-23)35(46)40-29(36(47)48)21-24-11-13-25(14-12-24)54-56(51,52)53/h1-16,27-29,37H,17-21H2,(H,38,44)(H,39,45)(H,40,46)(H,47,48)(H2,51,52,53).